The van der Waals surface area contributed by atoms with Crippen molar-refractivity contribution in [2.24, 2.45) is 0 Å². The summed E-state index contributed by atoms with van der Waals surface area (Å²) in [7, 11) is 0. The summed E-state index contributed by atoms with van der Waals surface area (Å²) in [6, 6.07) is 12.5. The monoisotopic (exact) mass is 315 g/mol. The van der Waals surface area contributed by atoms with Gasteiger partial charge < -0.3 is 0 Å². The molecule has 0 aliphatic rings. The molecule has 4 heteroatoms. The lowest BCUT2D eigenvalue weighted by molar-refractivity contribution is 0.919. The van der Waals surface area contributed by atoms with Gasteiger partial charge in [-0.3, -0.25) is 0 Å². The Labute approximate surface area is 120 Å². The maximum atomic E-state index is 4.63. The molecule has 0 spiro atoms. The predicted octanol–water partition coefficient (Wildman–Crippen LogP) is 4.03. The van der Waals surface area contributed by atoms with E-state index in [-0.39, 0.29) is 0 Å². The van der Waals surface area contributed by atoms with Gasteiger partial charge in [-0.25, -0.2) is 9.50 Å². The second kappa shape index (κ2) is 4.78. The molecule has 0 aliphatic heterocycles. The summed E-state index contributed by atoms with van der Waals surface area (Å²) in [4.78, 5) is 4.43. The van der Waals surface area contributed by atoms with E-state index in [1.165, 1.54) is 5.56 Å². The minimum Gasteiger partial charge on any atom is -0.231 e. The molecule has 96 valence electrons. The highest BCUT2D eigenvalue weighted by molar-refractivity contribution is 9.10. The van der Waals surface area contributed by atoms with E-state index in [0.717, 1.165) is 33.6 Å². The Morgan fingerprint density at radius 2 is 1.84 bits per heavy atom. The van der Waals surface area contributed by atoms with E-state index in [1.807, 2.05) is 23.6 Å². The van der Waals surface area contributed by atoms with Crippen molar-refractivity contribution >= 4 is 21.6 Å². The molecule has 3 aromatic rings. The zero-order valence-corrected chi connectivity index (χ0v) is 12.5. The fourth-order valence-corrected chi connectivity index (χ4v) is 2.43. The van der Waals surface area contributed by atoms with Crippen molar-refractivity contribution in [3.63, 3.8) is 0 Å². The Balaban J connectivity index is 2.11. The van der Waals surface area contributed by atoms with E-state index in [0.29, 0.717) is 0 Å². The van der Waals surface area contributed by atoms with Gasteiger partial charge in [-0.15, -0.1) is 0 Å². The molecule has 3 nitrogen and oxygen atoms in total. The lowest BCUT2D eigenvalue weighted by atomic mass is 10.1. The molecule has 0 atom stereocenters. The number of hydrogen-bond donors (Lipinski definition) is 0. The summed E-state index contributed by atoms with van der Waals surface area (Å²) >= 11 is 3.52. The number of halogens is 1. The first-order valence-electron chi connectivity index (χ1n) is 6.30. The Hall–Kier alpha value is -1.68. The lowest BCUT2D eigenvalue weighted by Gasteiger charge is -2.03. The number of aryl methyl sites for hydroxylation is 2. The van der Waals surface area contributed by atoms with Gasteiger partial charge in [0.05, 0.1) is 11.4 Å². The van der Waals surface area contributed by atoms with Gasteiger partial charge in [0.1, 0.15) is 4.60 Å². The summed E-state index contributed by atoms with van der Waals surface area (Å²) in [5, 5.41) is 4.63. The molecule has 0 fully saturated rings. The summed E-state index contributed by atoms with van der Waals surface area (Å²) in [5.41, 5.74) is 5.22. The summed E-state index contributed by atoms with van der Waals surface area (Å²) in [5.74, 6) is 0. The van der Waals surface area contributed by atoms with Crippen LogP contribution in [0.5, 0.6) is 0 Å². The van der Waals surface area contributed by atoms with Crippen LogP contribution in [-0.2, 0) is 6.42 Å². The number of imidazole rings is 1. The van der Waals surface area contributed by atoms with Gasteiger partial charge in [0.2, 0.25) is 0 Å². The first-order chi connectivity index (χ1) is 9.19. The van der Waals surface area contributed by atoms with E-state index in [1.54, 1.807) is 0 Å². The molecule has 1 aromatic carbocycles. The van der Waals surface area contributed by atoms with Gasteiger partial charge in [-0.05, 0) is 47.0 Å². The first kappa shape index (κ1) is 12.4. The minimum absolute atomic E-state index is 0.860. The number of hydrogen-bond acceptors (Lipinski definition) is 2. The van der Waals surface area contributed by atoms with Crippen LogP contribution < -0.4 is 0 Å². The highest BCUT2D eigenvalue weighted by Gasteiger charge is 2.08. The van der Waals surface area contributed by atoms with Crippen LogP contribution in [0.25, 0.3) is 16.9 Å². The highest BCUT2D eigenvalue weighted by Crippen LogP contribution is 2.22. The van der Waals surface area contributed by atoms with E-state index in [2.05, 4.69) is 57.2 Å². The fourth-order valence-electron chi connectivity index (χ4n) is 2.08. The lowest BCUT2D eigenvalue weighted by Crippen LogP contribution is -1.94. The third-order valence-corrected chi connectivity index (χ3v) is 4.15. The Morgan fingerprint density at radius 1 is 1.11 bits per heavy atom. The standard InChI is InChI=1S/C15H14BrN3/c1-3-11-4-6-12(7-5-11)13-8-9-14-17-10(2)15(16)19(14)18-13/h4-9H,3H2,1-2H3. The molecule has 0 amide bonds. The third-order valence-electron chi connectivity index (χ3n) is 3.24. The highest BCUT2D eigenvalue weighted by atomic mass is 79.9. The number of benzene rings is 1. The van der Waals surface area contributed by atoms with Gasteiger partial charge in [-0.2, -0.15) is 5.10 Å². The summed E-state index contributed by atoms with van der Waals surface area (Å²) in [6.45, 7) is 4.12. The smallest absolute Gasteiger partial charge is 0.155 e. The molecule has 19 heavy (non-hydrogen) atoms. The van der Waals surface area contributed by atoms with Crippen molar-refractivity contribution in [1.29, 1.82) is 0 Å². The van der Waals surface area contributed by atoms with Crippen LogP contribution in [0.15, 0.2) is 41.0 Å². The molecule has 0 saturated carbocycles. The zero-order valence-electron chi connectivity index (χ0n) is 10.9. The number of fused-ring (bicyclic) bond motifs is 1. The Bertz CT molecular complexity index is 729. The van der Waals surface area contributed by atoms with E-state index in [4.69, 9.17) is 0 Å². The normalized spacial score (nSPS) is 11.1. The van der Waals surface area contributed by atoms with E-state index in [9.17, 15) is 0 Å². The molecular weight excluding hydrogens is 302 g/mol. The fraction of sp³-hybridized carbons (Fsp3) is 0.200. The van der Waals surface area contributed by atoms with Crippen molar-refractivity contribution in [3.8, 4) is 11.3 Å². The summed E-state index contributed by atoms with van der Waals surface area (Å²) < 4.78 is 2.74. The van der Waals surface area contributed by atoms with Crippen molar-refractivity contribution in [3.05, 3.63) is 52.3 Å². The molecule has 0 aliphatic carbocycles. The van der Waals surface area contributed by atoms with Gasteiger partial charge in [0.25, 0.3) is 0 Å². The maximum Gasteiger partial charge on any atom is 0.155 e. The van der Waals surface area contributed by atoms with Crippen molar-refractivity contribution in [2.45, 2.75) is 20.3 Å². The van der Waals surface area contributed by atoms with Gasteiger partial charge >= 0.3 is 0 Å². The third kappa shape index (κ3) is 2.16. The van der Waals surface area contributed by atoms with Crippen LogP contribution >= 0.6 is 15.9 Å². The number of rotatable bonds is 2. The average Bonchev–Trinajstić information content (AvgIpc) is 2.74. The molecular formula is C15H14BrN3. The first-order valence-corrected chi connectivity index (χ1v) is 7.09. The van der Waals surface area contributed by atoms with Crippen LogP contribution in [0, 0.1) is 6.92 Å². The SMILES string of the molecule is CCc1ccc(-c2ccc3nc(C)c(Br)n3n2)cc1. The predicted molar refractivity (Wildman–Crippen MR) is 80.2 cm³/mol. The van der Waals surface area contributed by atoms with Crippen molar-refractivity contribution < 1.29 is 0 Å². The van der Waals surface area contributed by atoms with Crippen molar-refractivity contribution in [1.82, 2.24) is 14.6 Å². The molecule has 0 unspecified atom stereocenters. The van der Waals surface area contributed by atoms with Gasteiger partial charge in [0.15, 0.2) is 5.65 Å². The van der Waals surface area contributed by atoms with Gasteiger partial charge in [0, 0.05) is 5.56 Å². The number of nitrogens with zero attached hydrogens (tertiary/aromatic N) is 3. The van der Waals surface area contributed by atoms with Crippen LogP contribution in [0.4, 0.5) is 0 Å². The molecule has 2 heterocycles. The molecule has 3 rings (SSSR count). The maximum absolute atomic E-state index is 4.63. The number of aromatic nitrogens is 3. The zero-order chi connectivity index (χ0) is 13.4. The van der Waals surface area contributed by atoms with Crippen LogP contribution in [0.3, 0.4) is 0 Å². The second-order valence-electron chi connectivity index (χ2n) is 4.53. The Morgan fingerprint density at radius 3 is 2.53 bits per heavy atom. The van der Waals surface area contributed by atoms with Crippen molar-refractivity contribution in [2.75, 3.05) is 0 Å². The van der Waals surface area contributed by atoms with E-state index >= 15 is 0 Å². The molecule has 0 saturated heterocycles. The molecule has 0 bridgehead atoms. The largest absolute Gasteiger partial charge is 0.231 e. The second-order valence-corrected chi connectivity index (χ2v) is 5.28. The van der Waals surface area contributed by atoms with Crippen LogP contribution in [0.2, 0.25) is 0 Å². The quantitative estimate of drug-likeness (QED) is 0.714. The average molecular weight is 316 g/mol. The molecule has 0 N–H and O–H groups in total. The topological polar surface area (TPSA) is 30.2 Å². The van der Waals surface area contributed by atoms with Crippen LogP contribution in [-0.4, -0.2) is 14.6 Å². The van der Waals surface area contributed by atoms with Crippen LogP contribution in [0.1, 0.15) is 18.2 Å². The molecule has 2 aromatic heterocycles. The molecule has 0 radical (unpaired) electrons. The minimum atomic E-state index is 0.860. The van der Waals surface area contributed by atoms with Gasteiger partial charge in [-0.1, -0.05) is 31.2 Å². The van der Waals surface area contributed by atoms with E-state index < -0.39 is 0 Å². The Kier molecular flexibility index (Phi) is 3.11. The summed E-state index contributed by atoms with van der Waals surface area (Å²) in [6.07, 6.45) is 1.05.